The lowest BCUT2D eigenvalue weighted by atomic mass is 9.85. The maximum absolute atomic E-state index is 13.6. The van der Waals surface area contributed by atoms with E-state index in [0.29, 0.717) is 22.0 Å². The number of nitrogens with one attached hydrogen (secondary N) is 1. The number of nitrogens with zero attached hydrogens (tertiary/aromatic N) is 1. The van der Waals surface area contributed by atoms with Crippen LogP contribution in [0.25, 0.3) is 21.5 Å². The molecular weight excluding hydrogens is 464 g/mol. The summed E-state index contributed by atoms with van der Waals surface area (Å²) in [7, 11) is 1.39. The Bertz CT molecular complexity index is 1400. The third-order valence-corrected chi connectivity index (χ3v) is 8.71. The van der Waals surface area contributed by atoms with Crippen molar-refractivity contribution in [1.82, 2.24) is 4.98 Å². The second-order valence-electron chi connectivity index (χ2n) is 8.65. The van der Waals surface area contributed by atoms with Gasteiger partial charge in [0, 0.05) is 15.1 Å². The number of ether oxygens (including phenoxy) is 1. The van der Waals surface area contributed by atoms with E-state index in [1.54, 1.807) is 11.3 Å². The molecule has 0 fully saturated rings. The predicted octanol–water partition coefficient (Wildman–Crippen LogP) is 6.89. The maximum atomic E-state index is 13.6. The topological polar surface area (TPSA) is 68.3 Å². The molecule has 1 aliphatic carbocycles. The Morgan fingerprint density at radius 3 is 2.74 bits per heavy atom. The zero-order valence-electron chi connectivity index (χ0n) is 19.4. The van der Waals surface area contributed by atoms with Crippen LogP contribution >= 0.6 is 22.7 Å². The minimum Gasteiger partial charge on any atom is -0.465 e. The molecule has 0 bridgehead atoms. The lowest BCUT2D eigenvalue weighted by Crippen LogP contribution is -2.17. The number of benzene rings is 1. The number of hydrogen-bond donors (Lipinski definition) is 1. The van der Waals surface area contributed by atoms with Gasteiger partial charge in [0.2, 0.25) is 0 Å². The van der Waals surface area contributed by atoms with Crippen molar-refractivity contribution in [3.63, 3.8) is 0 Å². The zero-order chi connectivity index (χ0) is 23.8. The minimum absolute atomic E-state index is 0.246. The number of carbonyl (C=O) groups excluding carboxylic acids is 2. The van der Waals surface area contributed by atoms with Crippen LogP contribution in [0.4, 0.5) is 5.00 Å². The number of pyridine rings is 1. The second kappa shape index (κ2) is 9.31. The van der Waals surface area contributed by atoms with E-state index in [4.69, 9.17) is 9.72 Å². The van der Waals surface area contributed by atoms with Gasteiger partial charge in [-0.15, -0.1) is 22.7 Å². The van der Waals surface area contributed by atoms with E-state index in [1.807, 2.05) is 36.4 Å². The number of hydrogen-bond acceptors (Lipinski definition) is 6. The van der Waals surface area contributed by atoms with Crippen molar-refractivity contribution >= 4 is 50.5 Å². The fourth-order valence-electron chi connectivity index (χ4n) is 4.64. The van der Waals surface area contributed by atoms with Crippen LogP contribution in [0.3, 0.4) is 0 Å². The van der Waals surface area contributed by atoms with Gasteiger partial charge in [0.1, 0.15) is 5.00 Å². The molecule has 4 aromatic rings. The molecule has 1 N–H and O–H groups in total. The summed E-state index contributed by atoms with van der Waals surface area (Å²) in [6.45, 7) is 4.26. The van der Waals surface area contributed by atoms with Crippen molar-refractivity contribution in [3.05, 3.63) is 68.9 Å². The van der Waals surface area contributed by atoms with Crippen molar-refractivity contribution in [2.45, 2.75) is 39.5 Å². The standard InChI is InChI=1S/C27H26N2O3S2/c1-4-16-10-11-18-23(13-16)34-26(24(18)27(31)32-3)29-25(30)19-14-21(22-12-9-15(2)33-22)28-20-8-6-5-7-17(19)20/h5-9,12,14,16H,4,10-11,13H2,1-3H3,(H,29,30). The Morgan fingerprint density at radius 2 is 2.00 bits per heavy atom. The highest BCUT2D eigenvalue weighted by Gasteiger charge is 2.30. The molecule has 0 spiro atoms. The first-order chi connectivity index (χ1) is 16.5. The number of anilines is 1. The zero-order valence-corrected chi connectivity index (χ0v) is 21.1. The number of carbonyl (C=O) groups is 2. The van der Waals surface area contributed by atoms with Gasteiger partial charge in [0.05, 0.1) is 34.3 Å². The number of para-hydroxylation sites is 1. The summed E-state index contributed by atoms with van der Waals surface area (Å²) in [6.07, 6.45) is 3.94. The van der Waals surface area contributed by atoms with Crippen LogP contribution in [0.2, 0.25) is 0 Å². The Hall–Kier alpha value is -3.03. The number of amides is 1. The smallest absolute Gasteiger partial charge is 0.341 e. The summed E-state index contributed by atoms with van der Waals surface area (Å²) in [5.74, 6) is -0.0258. The Labute approximate surface area is 206 Å². The quantitative estimate of drug-likeness (QED) is 0.309. The number of esters is 1. The lowest BCUT2D eigenvalue weighted by Gasteiger charge is -2.20. The average molecular weight is 491 g/mol. The highest BCUT2D eigenvalue weighted by Crippen LogP contribution is 2.41. The molecule has 1 aliphatic rings. The van der Waals surface area contributed by atoms with E-state index in [1.165, 1.54) is 28.2 Å². The van der Waals surface area contributed by atoms with Gasteiger partial charge in [-0.1, -0.05) is 31.5 Å². The van der Waals surface area contributed by atoms with Crippen molar-refractivity contribution in [2.75, 3.05) is 12.4 Å². The maximum Gasteiger partial charge on any atom is 0.341 e. The van der Waals surface area contributed by atoms with Gasteiger partial charge in [-0.2, -0.15) is 0 Å². The van der Waals surface area contributed by atoms with E-state index in [-0.39, 0.29) is 5.91 Å². The molecule has 3 heterocycles. The van der Waals surface area contributed by atoms with Crippen molar-refractivity contribution in [2.24, 2.45) is 5.92 Å². The molecule has 3 aromatic heterocycles. The summed E-state index contributed by atoms with van der Waals surface area (Å²) < 4.78 is 5.10. The molecule has 5 rings (SSSR count). The number of fused-ring (bicyclic) bond motifs is 2. The third kappa shape index (κ3) is 4.14. The summed E-state index contributed by atoms with van der Waals surface area (Å²) in [6, 6.07) is 13.6. The molecule has 0 saturated carbocycles. The lowest BCUT2D eigenvalue weighted by molar-refractivity contribution is 0.0601. The molecule has 1 aromatic carbocycles. The largest absolute Gasteiger partial charge is 0.465 e. The number of thiophene rings is 2. The van der Waals surface area contributed by atoms with Crippen LogP contribution in [0, 0.1) is 12.8 Å². The molecule has 7 heteroatoms. The fourth-order valence-corrected chi connectivity index (χ4v) is 6.81. The van der Waals surface area contributed by atoms with Crippen LogP contribution in [-0.2, 0) is 17.6 Å². The molecule has 1 unspecified atom stereocenters. The van der Waals surface area contributed by atoms with Crippen molar-refractivity contribution < 1.29 is 14.3 Å². The van der Waals surface area contributed by atoms with E-state index in [0.717, 1.165) is 52.7 Å². The predicted molar refractivity (Wildman–Crippen MR) is 139 cm³/mol. The Kier molecular flexibility index (Phi) is 6.23. The average Bonchev–Trinajstić information content (AvgIpc) is 3.45. The van der Waals surface area contributed by atoms with Gasteiger partial charge in [0.15, 0.2) is 0 Å². The summed E-state index contributed by atoms with van der Waals surface area (Å²) >= 11 is 3.16. The van der Waals surface area contributed by atoms with Crippen LogP contribution in [0.1, 0.15) is 55.8 Å². The number of aromatic nitrogens is 1. The first-order valence-corrected chi connectivity index (χ1v) is 13.1. The van der Waals surface area contributed by atoms with Crippen LogP contribution < -0.4 is 5.32 Å². The van der Waals surface area contributed by atoms with Gasteiger partial charge < -0.3 is 10.1 Å². The summed E-state index contributed by atoms with van der Waals surface area (Å²) in [5, 5.41) is 4.42. The first kappa shape index (κ1) is 22.7. The van der Waals surface area contributed by atoms with Crippen LogP contribution in [0.5, 0.6) is 0 Å². The second-order valence-corrected chi connectivity index (χ2v) is 11.0. The summed E-state index contributed by atoms with van der Waals surface area (Å²) in [5.41, 5.74) is 3.62. The van der Waals surface area contributed by atoms with E-state index >= 15 is 0 Å². The fraction of sp³-hybridized carbons (Fsp3) is 0.296. The highest BCUT2D eigenvalue weighted by molar-refractivity contribution is 7.17. The molecule has 0 aliphatic heterocycles. The highest BCUT2D eigenvalue weighted by atomic mass is 32.1. The molecule has 0 saturated heterocycles. The molecule has 174 valence electrons. The van der Waals surface area contributed by atoms with Crippen LogP contribution in [0.15, 0.2) is 42.5 Å². The van der Waals surface area contributed by atoms with Gasteiger partial charge in [-0.3, -0.25) is 4.79 Å². The molecule has 5 nitrogen and oxygen atoms in total. The first-order valence-electron chi connectivity index (χ1n) is 11.5. The van der Waals surface area contributed by atoms with Gasteiger partial charge >= 0.3 is 5.97 Å². The Morgan fingerprint density at radius 1 is 1.18 bits per heavy atom. The van der Waals surface area contributed by atoms with Gasteiger partial charge in [-0.05, 0) is 61.9 Å². The molecule has 34 heavy (non-hydrogen) atoms. The van der Waals surface area contributed by atoms with E-state index in [2.05, 4.69) is 25.2 Å². The van der Waals surface area contributed by atoms with Gasteiger partial charge in [-0.25, -0.2) is 9.78 Å². The minimum atomic E-state index is -0.392. The molecular formula is C27H26N2O3S2. The van der Waals surface area contributed by atoms with Crippen LogP contribution in [-0.4, -0.2) is 24.0 Å². The monoisotopic (exact) mass is 490 g/mol. The molecule has 0 radical (unpaired) electrons. The molecule has 1 amide bonds. The Balaban J connectivity index is 1.57. The molecule has 1 atom stereocenters. The normalized spacial score (nSPS) is 15.2. The summed E-state index contributed by atoms with van der Waals surface area (Å²) in [4.78, 5) is 34.5. The van der Waals surface area contributed by atoms with E-state index < -0.39 is 5.97 Å². The van der Waals surface area contributed by atoms with Gasteiger partial charge in [0.25, 0.3) is 5.91 Å². The van der Waals surface area contributed by atoms with Crippen molar-refractivity contribution in [3.8, 4) is 10.6 Å². The van der Waals surface area contributed by atoms with E-state index in [9.17, 15) is 9.59 Å². The third-order valence-electron chi connectivity index (χ3n) is 6.51. The number of methoxy groups -OCH3 is 1. The number of rotatable bonds is 5. The van der Waals surface area contributed by atoms with Crippen molar-refractivity contribution in [1.29, 1.82) is 0 Å². The number of aryl methyl sites for hydroxylation is 1. The SMILES string of the molecule is CCC1CCc2c(sc(NC(=O)c3cc(-c4ccc(C)s4)nc4ccccc34)c2C(=O)OC)C1.